The van der Waals surface area contributed by atoms with Gasteiger partial charge in [0.15, 0.2) is 11.7 Å². The van der Waals surface area contributed by atoms with Crippen LogP contribution in [0.25, 0.3) is 0 Å². The Morgan fingerprint density at radius 2 is 2.18 bits per heavy atom. The predicted octanol–water partition coefficient (Wildman–Crippen LogP) is -2.19. The zero-order valence-corrected chi connectivity index (χ0v) is 21.5. The third kappa shape index (κ3) is 5.48. The fourth-order valence-electron chi connectivity index (χ4n) is 3.49. The minimum Gasteiger partial charge on any atom is -0.481 e. The molecule has 0 aliphatic carbocycles. The highest BCUT2D eigenvalue weighted by atomic mass is 32.2. The number of hydrogen-bond donors (Lipinski definition) is 4. The summed E-state index contributed by atoms with van der Waals surface area (Å²) in [6.45, 7) is -0.835. The Kier molecular flexibility index (Phi) is 7.98. The fraction of sp³-hybridized carbons (Fsp3) is 0.444. The molecule has 38 heavy (non-hydrogen) atoms. The Morgan fingerprint density at radius 1 is 1.39 bits per heavy atom. The number of oxime groups is 1. The number of carboxylic acids is 2. The lowest BCUT2D eigenvalue weighted by molar-refractivity contribution is -0.157. The monoisotopic (exact) mass is 582 g/mol. The zero-order valence-electron chi connectivity index (χ0n) is 19.1. The van der Waals surface area contributed by atoms with Crippen LogP contribution in [0.2, 0.25) is 0 Å². The Hall–Kier alpha value is -3.96. The van der Waals surface area contributed by atoms with Gasteiger partial charge in [0, 0.05) is 29.6 Å². The molecular formula is C18H18N10O7S3. The largest absolute Gasteiger partial charge is 0.481 e. The summed E-state index contributed by atoms with van der Waals surface area (Å²) in [5.74, 6) is -1.41. The number of nitrogens with one attached hydrogen (secondary N) is 1. The summed E-state index contributed by atoms with van der Waals surface area (Å²) >= 11 is 3.00. The molecule has 0 saturated carbocycles. The number of thioether (sulfide) groups is 2. The summed E-state index contributed by atoms with van der Waals surface area (Å²) < 4.78 is 4.98. The second-order valence-electron chi connectivity index (χ2n) is 7.88. The first-order valence-electron chi connectivity index (χ1n) is 10.5. The van der Waals surface area contributed by atoms with Crippen molar-refractivity contribution in [3.8, 4) is 12.3 Å². The molecule has 200 valence electrons. The number of carboxylic acid groups (broad SMARTS) is 2. The molecule has 2 aliphatic heterocycles. The van der Waals surface area contributed by atoms with Gasteiger partial charge >= 0.3 is 11.9 Å². The van der Waals surface area contributed by atoms with Crippen LogP contribution >= 0.6 is 35.1 Å². The number of fused-ring (bicyclic) bond motifs is 1. The highest BCUT2D eigenvalue weighted by Gasteiger charge is 2.57. The first-order chi connectivity index (χ1) is 18.1. The van der Waals surface area contributed by atoms with E-state index in [9.17, 15) is 24.3 Å². The molecule has 2 aliphatic rings. The number of aliphatic carboxylic acids is 2. The summed E-state index contributed by atoms with van der Waals surface area (Å²) in [5, 5.41) is 35.7. The molecule has 2 aromatic heterocycles. The maximum absolute atomic E-state index is 12.9. The van der Waals surface area contributed by atoms with Gasteiger partial charge in [-0.3, -0.25) is 19.2 Å². The molecule has 17 nitrogen and oxygen atoms in total. The van der Waals surface area contributed by atoms with E-state index in [1.54, 1.807) is 0 Å². The number of amides is 2. The van der Waals surface area contributed by atoms with Gasteiger partial charge in [-0.1, -0.05) is 22.8 Å². The first kappa shape index (κ1) is 27.1. The van der Waals surface area contributed by atoms with Crippen LogP contribution in [0.1, 0.15) is 5.82 Å². The van der Waals surface area contributed by atoms with Crippen LogP contribution in [0.3, 0.4) is 0 Å². The molecule has 0 bridgehead atoms. The van der Waals surface area contributed by atoms with Crippen molar-refractivity contribution in [3.63, 3.8) is 0 Å². The van der Waals surface area contributed by atoms with Gasteiger partial charge in [0.1, 0.15) is 23.4 Å². The highest BCUT2D eigenvalue weighted by Crippen LogP contribution is 2.44. The summed E-state index contributed by atoms with van der Waals surface area (Å²) in [6.07, 6.45) is 5.13. The topological polar surface area (TPSA) is 241 Å². The Morgan fingerprint density at radius 3 is 2.84 bits per heavy atom. The second kappa shape index (κ2) is 11.2. The van der Waals surface area contributed by atoms with Gasteiger partial charge in [-0.15, -0.1) is 23.3 Å². The minimum atomic E-state index is -1.37. The molecule has 4 rings (SSSR count). The average Bonchev–Trinajstić information content (AvgIpc) is 3.51. The number of carbonyl (C=O) groups is 4. The van der Waals surface area contributed by atoms with E-state index in [-0.39, 0.29) is 46.5 Å². The number of tetrazole rings is 1. The van der Waals surface area contributed by atoms with Gasteiger partial charge in [-0.2, -0.15) is 9.36 Å². The number of anilines is 1. The number of carbonyl (C=O) groups excluding carboxylic acids is 2. The highest BCUT2D eigenvalue weighted by molar-refractivity contribution is 8.00. The van der Waals surface area contributed by atoms with E-state index in [4.69, 9.17) is 22.1 Å². The minimum absolute atomic E-state index is 0.0247. The molecule has 2 saturated heterocycles. The summed E-state index contributed by atoms with van der Waals surface area (Å²) in [7, 11) is 0. The van der Waals surface area contributed by atoms with Crippen LogP contribution in [-0.4, -0.2) is 110 Å². The maximum Gasteiger partial charge on any atom is 0.325 e. The number of β-lactam (4-membered cyclic amide) rings is 1. The number of rotatable bonds is 11. The van der Waals surface area contributed by atoms with E-state index in [1.165, 1.54) is 16.7 Å². The number of aromatic nitrogens is 6. The van der Waals surface area contributed by atoms with Gasteiger partial charge in [0.05, 0.1) is 0 Å². The quantitative estimate of drug-likeness (QED) is 0.0549. The van der Waals surface area contributed by atoms with E-state index in [0.29, 0.717) is 0 Å². The van der Waals surface area contributed by atoms with E-state index in [1.807, 2.05) is 0 Å². The Balaban J connectivity index is 1.43. The Bertz CT molecular complexity index is 1340. The molecule has 0 aromatic carbocycles. The summed E-state index contributed by atoms with van der Waals surface area (Å²) in [4.78, 5) is 59.3. The lowest BCUT2D eigenvalue weighted by atomic mass is 9.89. The fourth-order valence-corrected chi connectivity index (χ4v) is 6.67. The summed E-state index contributed by atoms with van der Waals surface area (Å²) in [6, 6.07) is -0.955. The van der Waals surface area contributed by atoms with Crippen LogP contribution in [0.15, 0.2) is 10.3 Å². The maximum atomic E-state index is 12.9. The Labute approximate surface area is 225 Å². The predicted molar refractivity (Wildman–Crippen MR) is 132 cm³/mol. The standard InChI is InChI=1S/C18H18N10O7S3/c1-2-3-35-23-9(11-21-16(19)38-24-11)12(31)20-10-13(32)27-5-18(15(33)34,6-36-14(10)27)7-37-17-22-25-26-28(17)4-8(29)30/h1,10,14H,3-7H2,(H,20,31)(H,29,30)(H,33,34)(H2,19,21,24)/t10?,14-,18?/m1/s1. The molecule has 2 unspecified atom stereocenters. The second-order valence-corrected chi connectivity index (χ2v) is 10.7. The van der Waals surface area contributed by atoms with Crippen LogP contribution in [0.5, 0.6) is 0 Å². The zero-order chi connectivity index (χ0) is 27.4. The van der Waals surface area contributed by atoms with Crippen molar-refractivity contribution in [2.24, 2.45) is 10.6 Å². The molecule has 3 atom stereocenters. The van der Waals surface area contributed by atoms with Gasteiger partial charge in [0.25, 0.3) is 5.91 Å². The molecule has 4 heterocycles. The average molecular weight is 583 g/mol. The number of nitrogen functional groups attached to an aromatic ring is 1. The van der Waals surface area contributed by atoms with Crippen LogP contribution in [0, 0.1) is 17.8 Å². The molecule has 0 spiro atoms. The number of nitrogens with zero attached hydrogens (tertiary/aromatic N) is 8. The van der Waals surface area contributed by atoms with Gasteiger partial charge in [-0.05, 0) is 10.4 Å². The normalized spacial score (nSPS) is 22.7. The number of nitrogens with two attached hydrogens (primary N) is 1. The third-order valence-electron chi connectivity index (χ3n) is 5.32. The van der Waals surface area contributed by atoms with Gasteiger partial charge in [-0.25, -0.2) is 4.68 Å². The van der Waals surface area contributed by atoms with Crippen molar-refractivity contribution in [3.05, 3.63) is 5.82 Å². The summed E-state index contributed by atoms with van der Waals surface area (Å²) in [5.41, 5.74) is 3.90. The van der Waals surface area contributed by atoms with Crippen molar-refractivity contribution in [1.82, 2.24) is 39.8 Å². The SMILES string of the molecule is C#CCON=C(C(=O)NC1C(=O)N2CC(CSc3nnnn3CC(=O)O)(C(=O)O)CS[C@H]12)c1nsc(N)n1. The van der Waals surface area contributed by atoms with E-state index >= 15 is 0 Å². The van der Waals surface area contributed by atoms with Gasteiger partial charge in [0.2, 0.25) is 22.6 Å². The molecular weight excluding hydrogens is 564 g/mol. The molecule has 20 heteroatoms. The van der Waals surface area contributed by atoms with Crippen molar-refractivity contribution in [2.75, 3.05) is 30.4 Å². The number of terminal acetylenes is 1. The van der Waals surface area contributed by atoms with Crippen LogP contribution in [0.4, 0.5) is 5.13 Å². The molecule has 0 radical (unpaired) electrons. The smallest absolute Gasteiger partial charge is 0.325 e. The van der Waals surface area contributed by atoms with Crippen molar-refractivity contribution in [1.29, 1.82) is 0 Å². The molecule has 5 N–H and O–H groups in total. The van der Waals surface area contributed by atoms with Crippen LogP contribution < -0.4 is 11.1 Å². The van der Waals surface area contributed by atoms with E-state index < -0.39 is 47.1 Å². The first-order valence-corrected chi connectivity index (χ1v) is 13.3. The van der Waals surface area contributed by atoms with Crippen molar-refractivity contribution >= 4 is 69.7 Å². The lowest BCUT2D eigenvalue weighted by Gasteiger charge is -2.53. The van der Waals surface area contributed by atoms with E-state index in [0.717, 1.165) is 28.0 Å². The molecule has 2 aromatic rings. The van der Waals surface area contributed by atoms with Crippen molar-refractivity contribution in [2.45, 2.75) is 23.1 Å². The van der Waals surface area contributed by atoms with Crippen molar-refractivity contribution < 1.29 is 34.2 Å². The third-order valence-corrected chi connectivity index (χ3v) is 8.70. The molecule has 2 fully saturated rings. The van der Waals surface area contributed by atoms with Gasteiger partial charge < -0.3 is 31.0 Å². The lowest BCUT2D eigenvalue weighted by Crippen LogP contribution is -2.74. The number of hydrogen-bond acceptors (Lipinski definition) is 15. The van der Waals surface area contributed by atoms with E-state index in [2.05, 4.69) is 41.3 Å². The van der Waals surface area contributed by atoms with Crippen LogP contribution in [-0.2, 0) is 30.6 Å². The molecule has 2 amide bonds.